The van der Waals surface area contributed by atoms with Crippen molar-refractivity contribution in [3.63, 3.8) is 0 Å². The average Bonchev–Trinajstić information content (AvgIpc) is 2.71. The summed E-state index contributed by atoms with van der Waals surface area (Å²) in [6.45, 7) is 3.45. The summed E-state index contributed by atoms with van der Waals surface area (Å²) < 4.78 is 13.9. The van der Waals surface area contributed by atoms with Gasteiger partial charge in [-0.1, -0.05) is 35.9 Å². The van der Waals surface area contributed by atoms with Gasteiger partial charge >= 0.3 is 0 Å². The third-order valence-electron chi connectivity index (χ3n) is 4.71. The van der Waals surface area contributed by atoms with Gasteiger partial charge in [-0.25, -0.2) is 4.39 Å². The third-order valence-corrected chi connectivity index (χ3v) is 4.71. The summed E-state index contributed by atoms with van der Waals surface area (Å²) in [4.78, 5) is 40.0. The number of aryl methyl sites for hydroxylation is 1. The Morgan fingerprint density at radius 1 is 1.00 bits per heavy atom. The van der Waals surface area contributed by atoms with E-state index in [-0.39, 0.29) is 18.3 Å². The standard InChI is InChI=1S/C21H22FN3O3/c1-15-5-4-6-16(13-15)20(27)21(28)23-14-19(26)25-11-9-24(10-12-25)18-8-3-2-7-17(18)22/h2-8,13H,9-12,14H2,1H3,(H,23,28). The van der Waals surface area contributed by atoms with Crippen LogP contribution in [0.1, 0.15) is 15.9 Å². The van der Waals surface area contributed by atoms with Gasteiger partial charge in [0.05, 0.1) is 12.2 Å². The number of anilines is 1. The van der Waals surface area contributed by atoms with Crippen LogP contribution < -0.4 is 10.2 Å². The molecule has 0 aromatic heterocycles. The summed E-state index contributed by atoms with van der Waals surface area (Å²) in [6, 6.07) is 13.3. The molecule has 0 radical (unpaired) electrons. The minimum absolute atomic E-state index is 0.240. The molecule has 1 fully saturated rings. The summed E-state index contributed by atoms with van der Waals surface area (Å²) in [5.74, 6) is -2.02. The summed E-state index contributed by atoms with van der Waals surface area (Å²) in [7, 11) is 0. The molecule has 2 aromatic rings. The number of ketones is 1. The van der Waals surface area contributed by atoms with Gasteiger partial charge in [-0.2, -0.15) is 0 Å². The summed E-state index contributed by atoms with van der Waals surface area (Å²) in [5.41, 5.74) is 1.69. The Labute approximate surface area is 162 Å². The van der Waals surface area contributed by atoms with E-state index in [1.807, 2.05) is 17.9 Å². The maximum Gasteiger partial charge on any atom is 0.292 e. The number of Topliss-reactive ketones (excluding diaryl/α,β-unsaturated/α-hetero) is 1. The molecule has 7 heteroatoms. The van der Waals surface area contributed by atoms with E-state index in [9.17, 15) is 18.8 Å². The zero-order chi connectivity index (χ0) is 20.1. The monoisotopic (exact) mass is 383 g/mol. The first kappa shape index (κ1) is 19.5. The quantitative estimate of drug-likeness (QED) is 0.631. The van der Waals surface area contributed by atoms with Crippen molar-refractivity contribution >= 4 is 23.3 Å². The van der Waals surface area contributed by atoms with Crippen LogP contribution in [-0.2, 0) is 9.59 Å². The number of piperazine rings is 1. The average molecular weight is 383 g/mol. The Balaban J connectivity index is 1.49. The molecule has 0 saturated carbocycles. The fraction of sp³-hybridized carbons (Fsp3) is 0.286. The molecule has 0 unspecified atom stereocenters. The van der Waals surface area contributed by atoms with Gasteiger partial charge in [0.2, 0.25) is 11.7 Å². The summed E-state index contributed by atoms with van der Waals surface area (Å²) >= 11 is 0. The molecule has 1 heterocycles. The maximum atomic E-state index is 13.9. The van der Waals surface area contributed by atoms with E-state index in [4.69, 9.17) is 0 Å². The van der Waals surface area contributed by atoms with Crippen LogP contribution in [0.25, 0.3) is 0 Å². The molecule has 0 bridgehead atoms. The van der Waals surface area contributed by atoms with Crippen molar-refractivity contribution in [3.8, 4) is 0 Å². The number of para-hydroxylation sites is 1. The van der Waals surface area contributed by atoms with Crippen molar-refractivity contribution in [2.24, 2.45) is 0 Å². The maximum absolute atomic E-state index is 13.9. The number of nitrogens with one attached hydrogen (secondary N) is 1. The fourth-order valence-electron chi connectivity index (χ4n) is 3.17. The molecule has 2 amide bonds. The van der Waals surface area contributed by atoms with Gasteiger partial charge in [0.25, 0.3) is 5.91 Å². The first-order chi connectivity index (χ1) is 13.5. The number of benzene rings is 2. The number of hydrogen-bond donors (Lipinski definition) is 1. The zero-order valence-corrected chi connectivity index (χ0v) is 15.7. The lowest BCUT2D eigenvalue weighted by Gasteiger charge is -2.36. The molecular formula is C21H22FN3O3. The first-order valence-corrected chi connectivity index (χ1v) is 9.12. The number of rotatable bonds is 5. The summed E-state index contributed by atoms with van der Waals surface area (Å²) in [5, 5.41) is 2.40. The molecule has 1 saturated heterocycles. The molecule has 1 N–H and O–H groups in total. The minimum Gasteiger partial charge on any atom is -0.366 e. The van der Waals surface area contributed by atoms with Crippen molar-refractivity contribution < 1.29 is 18.8 Å². The number of halogens is 1. The van der Waals surface area contributed by atoms with Gasteiger partial charge < -0.3 is 15.1 Å². The van der Waals surface area contributed by atoms with Crippen molar-refractivity contribution in [2.45, 2.75) is 6.92 Å². The predicted molar refractivity (Wildman–Crippen MR) is 104 cm³/mol. The van der Waals surface area contributed by atoms with Gasteiger partial charge in [-0.15, -0.1) is 0 Å². The van der Waals surface area contributed by atoms with Gasteiger partial charge in [-0.05, 0) is 25.1 Å². The van der Waals surface area contributed by atoms with Gasteiger partial charge in [0.1, 0.15) is 5.82 Å². The molecule has 1 aliphatic rings. The first-order valence-electron chi connectivity index (χ1n) is 9.12. The molecule has 28 heavy (non-hydrogen) atoms. The fourth-order valence-corrected chi connectivity index (χ4v) is 3.17. The van der Waals surface area contributed by atoms with Crippen LogP contribution in [0, 0.1) is 12.7 Å². The van der Waals surface area contributed by atoms with E-state index < -0.39 is 11.7 Å². The highest BCUT2D eigenvalue weighted by molar-refractivity contribution is 6.43. The lowest BCUT2D eigenvalue weighted by molar-refractivity contribution is -0.132. The van der Waals surface area contributed by atoms with E-state index in [1.165, 1.54) is 6.07 Å². The summed E-state index contributed by atoms with van der Waals surface area (Å²) in [6.07, 6.45) is 0. The Bertz CT molecular complexity index is 892. The minimum atomic E-state index is -0.802. The second-order valence-corrected chi connectivity index (χ2v) is 6.70. The number of amides is 2. The zero-order valence-electron chi connectivity index (χ0n) is 15.7. The Morgan fingerprint density at radius 2 is 1.71 bits per heavy atom. The molecule has 6 nitrogen and oxygen atoms in total. The largest absolute Gasteiger partial charge is 0.366 e. The van der Waals surface area contributed by atoms with Gasteiger partial charge in [0.15, 0.2) is 0 Å². The van der Waals surface area contributed by atoms with E-state index >= 15 is 0 Å². The van der Waals surface area contributed by atoms with Crippen LogP contribution >= 0.6 is 0 Å². The Hall–Kier alpha value is -3.22. The van der Waals surface area contributed by atoms with E-state index in [0.29, 0.717) is 37.4 Å². The lowest BCUT2D eigenvalue weighted by Crippen LogP contribution is -2.51. The second kappa shape index (κ2) is 8.65. The van der Waals surface area contributed by atoms with Gasteiger partial charge in [-0.3, -0.25) is 14.4 Å². The lowest BCUT2D eigenvalue weighted by atomic mass is 10.1. The van der Waals surface area contributed by atoms with Crippen molar-refractivity contribution in [1.29, 1.82) is 0 Å². The van der Waals surface area contributed by atoms with E-state index in [0.717, 1.165) is 5.56 Å². The van der Waals surface area contributed by atoms with Crippen LogP contribution in [0.2, 0.25) is 0 Å². The molecule has 1 aliphatic heterocycles. The van der Waals surface area contributed by atoms with Crippen molar-refractivity contribution in [1.82, 2.24) is 10.2 Å². The number of hydrogen-bond acceptors (Lipinski definition) is 4. The highest BCUT2D eigenvalue weighted by Gasteiger charge is 2.24. The number of carbonyl (C=O) groups is 3. The van der Waals surface area contributed by atoms with Crippen LogP contribution in [0.4, 0.5) is 10.1 Å². The Kier molecular flexibility index (Phi) is 6.03. The third kappa shape index (κ3) is 4.54. The predicted octanol–water partition coefficient (Wildman–Crippen LogP) is 1.78. The Morgan fingerprint density at radius 3 is 2.39 bits per heavy atom. The molecule has 0 aliphatic carbocycles. The molecule has 2 aromatic carbocycles. The van der Waals surface area contributed by atoms with Crippen molar-refractivity contribution in [3.05, 3.63) is 65.5 Å². The SMILES string of the molecule is Cc1cccc(C(=O)C(=O)NCC(=O)N2CCN(c3ccccc3F)CC2)c1. The van der Waals surface area contributed by atoms with Crippen LogP contribution in [0.5, 0.6) is 0 Å². The molecule has 146 valence electrons. The van der Waals surface area contributed by atoms with Crippen LogP contribution in [0.15, 0.2) is 48.5 Å². The van der Waals surface area contributed by atoms with Gasteiger partial charge in [0, 0.05) is 31.7 Å². The highest BCUT2D eigenvalue weighted by Crippen LogP contribution is 2.20. The number of carbonyl (C=O) groups excluding carboxylic acids is 3. The second-order valence-electron chi connectivity index (χ2n) is 6.70. The number of nitrogens with zero attached hydrogens (tertiary/aromatic N) is 2. The molecule has 3 rings (SSSR count). The molecular weight excluding hydrogens is 361 g/mol. The van der Waals surface area contributed by atoms with E-state index in [1.54, 1.807) is 41.3 Å². The van der Waals surface area contributed by atoms with E-state index in [2.05, 4.69) is 5.32 Å². The van der Waals surface area contributed by atoms with Crippen LogP contribution in [-0.4, -0.2) is 55.2 Å². The molecule has 0 atom stereocenters. The normalized spacial score (nSPS) is 13.9. The smallest absolute Gasteiger partial charge is 0.292 e. The van der Waals surface area contributed by atoms with Crippen molar-refractivity contribution in [2.75, 3.05) is 37.6 Å². The topological polar surface area (TPSA) is 69.7 Å². The van der Waals surface area contributed by atoms with Crippen LogP contribution in [0.3, 0.4) is 0 Å². The highest BCUT2D eigenvalue weighted by atomic mass is 19.1. The molecule has 0 spiro atoms.